The van der Waals surface area contributed by atoms with E-state index in [2.05, 4.69) is 20.6 Å². The Morgan fingerprint density at radius 3 is 2.46 bits per heavy atom. The molecule has 1 aliphatic heterocycles. The van der Waals surface area contributed by atoms with E-state index in [1.807, 2.05) is 6.07 Å². The van der Waals surface area contributed by atoms with Gasteiger partial charge in [-0.05, 0) is 18.2 Å². The van der Waals surface area contributed by atoms with Crippen LogP contribution in [0.15, 0.2) is 48.8 Å². The lowest BCUT2D eigenvalue weighted by atomic mass is 10.0. The monoisotopic (exact) mass is 356 g/mol. The van der Waals surface area contributed by atoms with Gasteiger partial charge in [0.05, 0.1) is 12.7 Å². The molecule has 1 aromatic heterocycles. The first-order valence-electron chi connectivity index (χ1n) is 8.33. The SMILES string of the molecule is O=C(NC[C@@H]1CO[C@H](CNC(=O)c2ncccn2)[C@H]1O)c1ccccc1. The maximum Gasteiger partial charge on any atom is 0.289 e. The number of rotatable bonds is 6. The first-order valence-corrected chi connectivity index (χ1v) is 8.33. The fourth-order valence-electron chi connectivity index (χ4n) is 2.71. The number of nitrogens with zero attached hydrogens (tertiary/aromatic N) is 2. The molecule has 3 atom stereocenters. The van der Waals surface area contributed by atoms with Gasteiger partial charge in [0.2, 0.25) is 5.82 Å². The molecule has 1 aromatic carbocycles. The van der Waals surface area contributed by atoms with Crippen molar-refractivity contribution in [3.8, 4) is 0 Å². The Kier molecular flexibility index (Phi) is 5.88. The Balaban J connectivity index is 1.45. The van der Waals surface area contributed by atoms with Crippen LogP contribution in [0.1, 0.15) is 21.0 Å². The van der Waals surface area contributed by atoms with Crippen molar-refractivity contribution in [1.82, 2.24) is 20.6 Å². The van der Waals surface area contributed by atoms with E-state index in [4.69, 9.17) is 4.74 Å². The normalized spacial score (nSPS) is 22.0. The zero-order chi connectivity index (χ0) is 18.4. The van der Waals surface area contributed by atoms with Gasteiger partial charge in [-0.1, -0.05) is 18.2 Å². The highest BCUT2D eigenvalue weighted by Gasteiger charge is 2.36. The van der Waals surface area contributed by atoms with Crippen molar-refractivity contribution in [2.45, 2.75) is 12.2 Å². The van der Waals surface area contributed by atoms with Crippen LogP contribution in [0.5, 0.6) is 0 Å². The van der Waals surface area contributed by atoms with E-state index in [0.717, 1.165) is 0 Å². The molecule has 0 radical (unpaired) electrons. The molecule has 8 nitrogen and oxygen atoms in total. The van der Waals surface area contributed by atoms with Crippen LogP contribution >= 0.6 is 0 Å². The number of carbonyl (C=O) groups excluding carboxylic acids is 2. The lowest BCUT2D eigenvalue weighted by molar-refractivity contribution is 0.0383. The second kappa shape index (κ2) is 8.50. The number of hydrogen-bond acceptors (Lipinski definition) is 6. The average molecular weight is 356 g/mol. The van der Waals surface area contributed by atoms with Gasteiger partial charge in [0, 0.05) is 37.0 Å². The third-order valence-electron chi connectivity index (χ3n) is 4.18. The summed E-state index contributed by atoms with van der Waals surface area (Å²) in [5.74, 6) is -0.804. The molecule has 8 heteroatoms. The summed E-state index contributed by atoms with van der Waals surface area (Å²) < 4.78 is 5.55. The van der Waals surface area contributed by atoms with Crippen molar-refractivity contribution in [3.63, 3.8) is 0 Å². The number of hydrogen-bond donors (Lipinski definition) is 3. The van der Waals surface area contributed by atoms with Crippen molar-refractivity contribution in [2.24, 2.45) is 5.92 Å². The standard InChI is InChI=1S/C18H20N4O4/c23-15-13(9-21-17(24)12-5-2-1-3-6-12)11-26-14(15)10-22-18(25)16-19-7-4-8-20-16/h1-8,13-15,23H,9-11H2,(H,21,24)(H,22,25)/t13-,14-,15+/m1/s1. The number of aliphatic hydroxyl groups excluding tert-OH is 1. The number of aromatic nitrogens is 2. The molecule has 3 N–H and O–H groups in total. The average Bonchev–Trinajstić information content (AvgIpc) is 3.05. The number of amides is 2. The fourth-order valence-corrected chi connectivity index (χ4v) is 2.71. The Morgan fingerprint density at radius 2 is 1.73 bits per heavy atom. The minimum absolute atomic E-state index is 0.0617. The molecule has 2 amide bonds. The van der Waals surface area contributed by atoms with Gasteiger partial charge in [-0.3, -0.25) is 9.59 Å². The molecule has 0 spiro atoms. The summed E-state index contributed by atoms with van der Waals surface area (Å²) in [6.07, 6.45) is 1.63. The van der Waals surface area contributed by atoms with Crippen LogP contribution < -0.4 is 10.6 Å². The molecule has 3 rings (SSSR count). The molecule has 2 heterocycles. The van der Waals surface area contributed by atoms with E-state index < -0.39 is 18.1 Å². The lowest BCUT2D eigenvalue weighted by Gasteiger charge is -2.18. The number of benzene rings is 1. The highest BCUT2D eigenvalue weighted by atomic mass is 16.5. The predicted octanol–water partition coefficient (Wildman–Crippen LogP) is 0.0123. The number of nitrogens with one attached hydrogen (secondary N) is 2. The summed E-state index contributed by atoms with van der Waals surface area (Å²) in [4.78, 5) is 31.7. The van der Waals surface area contributed by atoms with E-state index in [0.29, 0.717) is 18.7 Å². The number of carbonyl (C=O) groups is 2. The Labute approximate surface area is 150 Å². The highest BCUT2D eigenvalue weighted by molar-refractivity contribution is 5.94. The first-order chi connectivity index (χ1) is 12.6. The summed E-state index contributed by atoms with van der Waals surface area (Å²) >= 11 is 0. The number of aliphatic hydroxyl groups is 1. The highest BCUT2D eigenvalue weighted by Crippen LogP contribution is 2.19. The summed E-state index contributed by atoms with van der Waals surface area (Å²) in [7, 11) is 0. The molecule has 1 aliphatic rings. The molecular weight excluding hydrogens is 336 g/mol. The third kappa shape index (κ3) is 4.41. The van der Waals surface area contributed by atoms with Crippen LogP contribution in [0.25, 0.3) is 0 Å². The minimum Gasteiger partial charge on any atom is -0.390 e. The molecule has 136 valence electrons. The van der Waals surface area contributed by atoms with Crippen LogP contribution in [-0.4, -0.2) is 58.8 Å². The van der Waals surface area contributed by atoms with Gasteiger partial charge in [-0.25, -0.2) is 9.97 Å². The minimum atomic E-state index is -0.789. The van der Waals surface area contributed by atoms with Crippen LogP contribution in [0, 0.1) is 5.92 Å². The Bertz CT molecular complexity index is 678. The topological polar surface area (TPSA) is 113 Å². The maximum atomic E-state index is 12.1. The van der Waals surface area contributed by atoms with Crippen molar-refractivity contribution < 1.29 is 19.4 Å². The zero-order valence-electron chi connectivity index (χ0n) is 14.0. The van der Waals surface area contributed by atoms with E-state index >= 15 is 0 Å². The van der Waals surface area contributed by atoms with E-state index in [-0.39, 0.29) is 24.2 Å². The van der Waals surface area contributed by atoms with Gasteiger partial charge < -0.3 is 20.5 Å². The van der Waals surface area contributed by atoms with E-state index in [1.54, 1.807) is 30.3 Å². The molecule has 0 bridgehead atoms. The predicted molar refractivity (Wildman–Crippen MR) is 92.4 cm³/mol. The molecular formula is C18H20N4O4. The van der Waals surface area contributed by atoms with Crippen LogP contribution in [0.3, 0.4) is 0 Å². The summed E-state index contributed by atoms with van der Waals surface area (Å²) in [6, 6.07) is 10.5. The molecule has 0 aliphatic carbocycles. The Hall–Kier alpha value is -2.84. The molecule has 1 saturated heterocycles. The van der Waals surface area contributed by atoms with Crippen molar-refractivity contribution in [2.75, 3.05) is 19.7 Å². The van der Waals surface area contributed by atoms with E-state index in [1.165, 1.54) is 12.4 Å². The largest absolute Gasteiger partial charge is 0.390 e. The fraction of sp³-hybridized carbons (Fsp3) is 0.333. The van der Waals surface area contributed by atoms with Crippen LogP contribution in [0.2, 0.25) is 0 Å². The van der Waals surface area contributed by atoms with E-state index in [9.17, 15) is 14.7 Å². The summed E-state index contributed by atoms with van der Waals surface area (Å²) in [5.41, 5.74) is 0.563. The lowest BCUT2D eigenvalue weighted by Crippen LogP contribution is -2.41. The van der Waals surface area contributed by atoms with Gasteiger partial charge in [0.25, 0.3) is 11.8 Å². The third-order valence-corrected chi connectivity index (χ3v) is 4.18. The molecule has 1 fully saturated rings. The molecule has 26 heavy (non-hydrogen) atoms. The van der Waals surface area contributed by atoms with Crippen molar-refractivity contribution in [1.29, 1.82) is 0 Å². The quantitative estimate of drug-likeness (QED) is 0.672. The van der Waals surface area contributed by atoms with Gasteiger partial charge >= 0.3 is 0 Å². The van der Waals surface area contributed by atoms with Crippen molar-refractivity contribution in [3.05, 3.63) is 60.2 Å². The first kappa shape index (κ1) is 18.0. The molecule has 0 saturated carbocycles. The maximum absolute atomic E-state index is 12.1. The molecule has 0 unspecified atom stereocenters. The van der Waals surface area contributed by atoms with Gasteiger partial charge in [-0.2, -0.15) is 0 Å². The summed E-state index contributed by atoms with van der Waals surface area (Å²) in [5, 5.41) is 15.8. The van der Waals surface area contributed by atoms with Gasteiger partial charge in [0.15, 0.2) is 0 Å². The molecule has 2 aromatic rings. The second-order valence-electron chi connectivity index (χ2n) is 5.98. The summed E-state index contributed by atoms with van der Waals surface area (Å²) in [6.45, 7) is 0.737. The Morgan fingerprint density at radius 1 is 1.04 bits per heavy atom. The van der Waals surface area contributed by atoms with Gasteiger partial charge in [0.1, 0.15) is 6.10 Å². The number of ether oxygens (including phenoxy) is 1. The van der Waals surface area contributed by atoms with Crippen LogP contribution in [0.4, 0.5) is 0 Å². The second-order valence-corrected chi connectivity index (χ2v) is 5.98. The smallest absolute Gasteiger partial charge is 0.289 e. The van der Waals surface area contributed by atoms with Crippen molar-refractivity contribution >= 4 is 11.8 Å². The zero-order valence-corrected chi connectivity index (χ0v) is 14.0. The van der Waals surface area contributed by atoms with Crippen LogP contribution in [-0.2, 0) is 4.74 Å². The van der Waals surface area contributed by atoms with Gasteiger partial charge in [-0.15, -0.1) is 0 Å².